The Morgan fingerprint density at radius 3 is 2.40 bits per heavy atom. The lowest BCUT2D eigenvalue weighted by atomic mass is 10.1. The van der Waals surface area contributed by atoms with Crippen molar-refractivity contribution in [2.24, 2.45) is 0 Å². The van der Waals surface area contributed by atoms with E-state index in [0.717, 1.165) is 30.2 Å². The highest BCUT2D eigenvalue weighted by molar-refractivity contribution is 6.23. The number of anilines is 1. The first kappa shape index (κ1) is 24.5. The summed E-state index contributed by atoms with van der Waals surface area (Å²) in [4.78, 5) is 51.4. The number of rotatable bonds is 10. The number of hydrogen-bond donors (Lipinski definition) is 1. The van der Waals surface area contributed by atoms with Gasteiger partial charge in [0.15, 0.2) is 0 Å². The highest BCUT2D eigenvalue weighted by atomic mass is 16.6. The first-order valence-corrected chi connectivity index (χ1v) is 12.2. The summed E-state index contributed by atoms with van der Waals surface area (Å²) >= 11 is 0. The summed E-state index contributed by atoms with van der Waals surface area (Å²) in [5.74, 6) is -1.21. The van der Waals surface area contributed by atoms with Crippen LogP contribution in [0.4, 0.5) is 11.4 Å². The molecule has 0 saturated carbocycles. The molecule has 2 aromatic rings. The fraction of sp³-hybridized carbons (Fsp3) is 0.423. The van der Waals surface area contributed by atoms with Crippen LogP contribution in [-0.4, -0.2) is 52.1 Å². The molecule has 0 atom stereocenters. The van der Waals surface area contributed by atoms with Crippen LogP contribution < -0.4 is 5.32 Å². The summed E-state index contributed by atoms with van der Waals surface area (Å²) in [7, 11) is 0. The summed E-state index contributed by atoms with van der Waals surface area (Å²) in [6.07, 6.45) is 5.96. The lowest BCUT2D eigenvalue weighted by molar-refractivity contribution is -0.385. The fourth-order valence-corrected chi connectivity index (χ4v) is 4.70. The molecule has 4 rings (SSSR count). The van der Waals surface area contributed by atoms with Crippen LogP contribution in [0.3, 0.4) is 0 Å². The van der Waals surface area contributed by atoms with Gasteiger partial charge in [-0.25, -0.2) is 0 Å². The smallest absolute Gasteiger partial charge is 0.282 e. The normalized spacial score (nSPS) is 15.8. The minimum atomic E-state index is -0.644. The van der Waals surface area contributed by atoms with Crippen LogP contribution in [0.5, 0.6) is 0 Å². The van der Waals surface area contributed by atoms with Gasteiger partial charge in [0.1, 0.15) is 5.56 Å². The van der Waals surface area contributed by atoms with Crippen molar-refractivity contribution >= 4 is 29.1 Å². The molecule has 3 amide bonds. The highest BCUT2D eigenvalue weighted by Crippen LogP contribution is 2.30. The van der Waals surface area contributed by atoms with Crippen LogP contribution in [0.2, 0.25) is 0 Å². The molecule has 184 valence electrons. The zero-order chi connectivity index (χ0) is 24.8. The Kier molecular flexibility index (Phi) is 7.87. The standard InChI is InChI=1S/C26H30N4O5/c31-23(27-20-13-11-19(12-14-20)18-28-15-4-2-5-16-28)10-3-1-6-17-29-25(32)21-8-7-9-22(30(34)35)24(21)26(29)33/h7-9,11-14H,1-6,10,15-18H2,(H,27,31). The van der Waals surface area contributed by atoms with Gasteiger partial charge in [0.05, 0.1) is 10.5 Å². The molecule has 1 saturated heterocycles. The number of amides is 3. The average molecular weight is 479 g/mol. The lowest BCUT2D eigenvalue weighted by Gasteiger charge is -2.26. The number of unbranched alkanes of at least 4 members (excludes halogenated alkanes) is 2. The molecule has 9 heteroatoms. The van der Waals surface area contributed by atoms with Crippen LogP contribution in [0.1, 0.15) is 71.2 Å². The Labute approximate surface area is 204 Å². The van der Waals surface area contributed by atoms with Gasteiger partial charge in [-0.1, -0.05) is 31.0 Å². The van der Waals surface area contributed by atoms with E-state index < -0.39 is 16.7 Å². The number of likely N-dealkylation sites (tertiary alicyclic amines) is 1. The zero-order valence-electron chi connectivity index (χ0n) is 19.7. The van der Waals surface area contributed by atoms with Gasteiger partial charge in [-0.2, -0.15) is 0 Å². The van der Waals surface area contributed by atoms with Gasteiger partial charge in [0, 0.05) is 31.3 Å². The van der Waals surface area contributed by atoms with Crippen LogP contribution >= 0.6 is 0 Å². The number of piperidine rings is 1. The molecule has 2 aromatic carbocycles. The molecule has 35 heavy (non-hydrogen) atoms. The second-order valence-electron chi connectivity index (χ2n) is 9.11. The number of nitro groups is 1. The minimum Gasteiger partial charge on any atom is -0.326 e. The Morgan fingerprint density at radius 1 is 0.943 bits per heavy atom. The van der Waals surface area contributed by atoms with E-state index in [1.807, 2.05) is 12.1 Å². The number of fused-ring (bicyclic) bond motifs is 1. The molecule has 1 N–H and O–H groups in total. The molecule has 0 aromatic heterocycles. The van der Waals surface area contributed by atoms with Crippen molar-refractivity contribution in [3.63, 3.8) is 0 Å². The predicted octanol–water partition coefficient (Wildman–Crippen LogP) is 4.38. The first-order chi connectivity index (χ1) is 16.9. The molecular formula is C26H30N4O5. The van der Waals surface area contributed by atoms with Crippen molar-refractivity contribution in [3.8, 4) is 0 Å². The van der Waals surface area contributed by atoms with Gasteiger partial charge >= 0.3 is 0 Å². The topological polar surface area (TPSA) is 113 Å². The Bertz CT molecular complexity index is 1110. The van der Waals surface area contributed by atoms with Crippen molar-refractivity contribution in [2.75, 3.05) is 25.0 Å². The fourth-order valence-electron chi connectivity index (χ4n) is 4.70. The van der Waals surface area contributed by atoms with Crippen molar-refractivity contribution in [3.05, 3.63) is 69.3 Å². The summed E-state index contributed by atoms with van der Waals surface area (Å²) < 4.78 is 0. The quantitative estimate of drug-likeness (QED) is 0.235. The SMILES string of the molecule is O=C(CCCCCN1C(=O)c2cccc([N+](=O)[O-])c2C1=O)Nc1ccc(CN2CCCCC2)cc1. The summed E-state index contributed by atoms with van der Waals surface area (Å²) in [5.41, 5.74) is 1.60. The maximum Gasteiger partial charge on any atom is 0.282 e. The molecule has 0 bridgehead atoms. The van der Waals surface area contributed by atoms with E-state index in [4.69, 9.17) is 0 Å². The van der Waals surface area contributed by atoms with Gasteiger partial charge in [0.2, 0.25) is 5.91 Å². The maximum atomic E-state index is 12.6. The number of carbonyl (C=O) groups excluding carboxylic acids is 3. The summed E-state index contributed by atoms with van der Waals surface area (Å²) in [6, 6.07) is 12.0. The molecule has 2 aliphatic rings. The number of carbonyl (C=O) groups is 3. The molecule has 0 aliphatic carbocycles. The number of nitrogens with one attached hydrogen (secondary N) is 1. The van der Waals surface area contributed by atoms with Gasteiger partial charge in [-0.3, -0.25) is 34.3 Å². The van der Waals surface area contributed by atoms with E-state index in [-0.39, 0.29) is 29.3 Å². The zero-order valence-corrected chi connectivity index (χ0v) is 19.7. The second-order valence-corrected chi connectivity index (χ2v) is 9.11. The van der Waals surface area contributed by atoms with E-state index in [1.54, 1.807) is 0 Å². The van der Waals surface area contributed by atoms with Gasteiger partial charge < -0.3 is 5.32 Å². The second kappa shape index (κ2) is 11.2. The minimum absolute atomic E-state index is 0.0746. The first-order valence-electron chi connectivity index (χ1n) is 12.2. The number of hydrogen-bond acceptors (Lipinski definition) is 6. The van der Waals surface area contributed by atoms with Crippen LogP contribution in [0.15, 0.2) is 42.5 Å². The third-order valence-corrected chi connectivity index (χ3v) is 6.55. The third-order valence-electron chi connectivity index (χ3n) is 6.55. The molecular weight excluding hydrogens is 448 g/mol. The Balaban J connectivity index is 1.17. The number of nitrogens with zero attached hydrogens (tertiary/aromatic N) is 3. The van der Waals surface area contributed by atoms with Crippen molar-refractivity contribution in [1.82, 2.24) is 9.80 Å². The molecule has 0 spiro atoms. The molecule has 0 unspecified atom stereocenters. The number of nitro benzene ring substituents is 1. The van der Waals surface area contributed by atoms with Crippen LogP contribution in [0, 0.1) is 10.1 Å². The molecule has 1 fully saturated rings. The largest absolute Gasteiger partial charge is 0.326 e. The monoisotopic (exact) mass is 478 g/mol. The van der Waals surface area contributed by atoms with Gasteiger partial charge in [-0.15, -0.1) is 0 Å². The average Bonchev–Trinajstić information content (AvgIpc) is 3.10. The highest BCUT2D eigenvalue weighted by Gasteiger charge is 2.40. The maximum absolute atomic E-state index is 12.6. The number of imide groups is 1. The van der Waals surface area contributed by atoms with E-state index >= 15 is 0 Å². The predicted molar refractivity (Wildman–Crippen MR) is 131 cm³/mol. The summed E-state index contributed by atoms with van der Waals surface area (Å²) in [5, 5.41) is 14.1. The molecule has 2 aliphatic heterocycles. The van der Waals surface area contributed by atoms with Crippen molar-refractivity contribution in [1.29, 1.82) is 0 Å². The van der Waals surface area contributed by atoms with Gasteiger partial charge in [-0.05, 0) is 62.5 Å². The third kappa shape index (κ3) is 5.92. The van der Waals surface area contributed by atoms with E-state index in [2.05, 4.69) is 22.3 Å². The van der Waals surface area contributed by atoms with Crippen LogP contribution in [-0.2, 0) is 11.3 Å². The Hall–Kier alpha value is -3.59. The molecule has 0 radical (unpaired) electrons. The van der Waals surface area contributed by atoms with Gasteiger partial charge in [0.25, 0.3) is 17.5 Å². The lowest BCUT2D eigenvalue weighted by Crippen LogP contribution is -2.30. The van der Waals surface area contributed by atoms with E-state index in [9.17, 15) is 24.5 Å². The Morgan fingerprint density at radius 2 is 1.69 bits per heavy atom. The van der Waals surface area contributed by atoms with Crippen molar-refractivity contribution < 1.29 is 19.3 Å². The molecule has 2 heterocycles. The molecule has 9 nitrogen and oxygen atoms in total. The van der Waals surface area contributed by atoms with Crippen molar-refractivity contribution in [2.45, 2.75) is 51.5 Å². The van der Waals surface area contributed by atoms with E-state index in [1.165, 1.54) is 43.0 Å². The van der Waals surface area contributed by atoms with E-state index in [0.29, 0.717) is 25.7 Å². The summed E-state index contributed by atoms with van der Waals surface area (Å²) in [6.45, 7) is 3.40. The van der Waals surface area contributed by atoms with Crippen LogP contribution in [0.25, 0.3) is 0 Å². The number of benzene rings is 2.